The van der Waals surface area contributed by atoms with Crippen LogP contribution in [-0.2, 0) is 29.9 Å². The molecule has 1 spiro atoms. The van der Waals surface area contributed by atoms with Gasteiger partial charge in [0.25, 0.3) is 5.91 Å². The summed E-state index contributed by atoms with van der Waals surface area (Å²) in [5.74, 6) is -2.75. The molecule has 0 radical (unpaired) electrons. The van der Waals surface area contributed by atoms with Crippen molar-refractivity contribution in [3.63, 3.8) is 0 Å². The van der Waals surface area contributed by atoms with Crippen LogP contribution in [0, 0.1) is 5.82 Å². The van der Waals surface area contributed by atoms with E-state index >= 15 is 0 Å². The maximum absolute atomic E-state index is 13.3. The van der Waals surface area contributed by atoms with Gasteiger partial charge >= 0.3 is 0 Å². The first-order valence-electron chi connectivity index (χ1n) is 11.6. The van der Waals surface area contributed by atoms with E-state index in [4.69, 9.17) is 21.1 Å². The summed E-state index contributed by atoms with van der Waals surface area (Å²) in [4.78, 5) is 27.5. The Morgan fingerprint density at radius 1 is 1.11 bits per heavy atom. The lowest BCUT2D eigenvalue weighted by molar-refractivity contribution is -0.181. The Bertz CT molecular complexity index is 1300. The minimum atomic E-state index is -3.76. The van der Waals surface area contributed by atoms with Crippen molar-refractivity contribution < 1.29 is 31.9 Å². The van der Waals surface area contributed by atoms with Gasteiger partial charge in [-0.1, -0.05) is 17.7 Å². The van der Waals surface area contributed by atoms with Crippen LogP contribution in [0.3, 0.4) is 0 Å². The Morgan fingerprint density at radius 2 is 1.83 bits per heavy atom. The number of halogens is 2. The maximum Gasteiger partial charge on any atom is 0.253 e. The Morgan fingerprint density at radius 3 is 2.53 bits per heavy atom. The van der Waals surface area contributed by atoms with Crippen molar-refractivity contribution in [2.45, 2.75) is 30.4 Å². The summed E-state index contributed by atoms with van der Waals surface area (Å²) < 4.78 is 50.1. The van der Waals surface area contributed by atoms with Crippen molar-refractivity contribution in [2.75, 3.05) is 42.7 Å². The molecule has 2 aromatic rings. The van der Waals surface area contributed by atoms with Gasteiger partial charge in [-0.05, 0) is 35.9 Å². The minimum absolute atomic E-state index is 0.00865. The van der Waals surface area contributed by atoms with Gasteiger partial charge in [0, 0.05) is 36.5 Å². The first-order valence-corrected chi connectivity index (χ1v) is 13.8. The highest BCUT2D eigenvalue weighted by Crippen LogP contribution is 2.33. The molecule has 3 heterocycles. The molecular formula is C24H25ClFN3O6S. The molecule has 12 heteroatoms. The van der Waals surface area contributed by atoms with Crippen LogP contribution in [0.4, 0.5) is 15.8 Å². The van der Waals surface area contributed by atoms with Crippen LogP contribution in [0.5, 0.6) is 0 Å². The normalized spacial score (nSPS) is 21.1. The molecule has 2 fully saturated rings. The summed E-state index contributed by atoms with van der Waals surface area (Å²) in [5, 5.41) is 5.66. The first-order chi connectivity index (χ1) is 17.1. The topological polar surface area (TPSA) is 114 Å². The van der Waals surface area contributed by atoms with Crippen LogP contribution < -0.4 is 10.6 Å². The van der Waals surface area contributed by atoms with Gasteiger partial charge in [0.2, 0.25) is 5.91 Å². The van der Waals surface area contributed by atoms with E-state index in [2.05, 4.69) is 10.6 Å². The number of ether oxygens (including phenoxy) is 2. The second-order valence-corrected chi connectivity index (χ2v) is 11.7. The molecule has 2 aromatic carbocycles. The first kappa shape index (κ1) is 24.9. The number of fused-ring (bicyclic) bond motifs is 1. The number of hydrogen-bond donors (Lipinski definition) is 2. The predicted molar refractivity (Wildman–Crippen MR) is 131 cm³/mol. The molecule has 2 amide bonds. The van der Waals surface area contributed by atoms with Crippen molar-refractivity contribution in [3.8, 4) is 0 Å². The number of nitrogens with one attached hydrogen (secondary N) is 2. The van der Waals surface area contributed by atoms with E-state index in [0.717, 1.165) is 12.1 Å². The average molecular weight is 538 g/mol. The zero-order valence-electron chi connectivity index (χ0n) is 19.3. The molecule has 192 valence electrons. The summed E-state index contributed by atoms with van der Waals surface area (Å²) in [6.07, 6.45) is 1.20. The molecule has 36 heavy (non-hydrogen) atoms. The van der Waals surface area contributed by atoms with E-state index in [1.54, 1.807) is 23.1 Å². The third-order valence-electron chi connectivity index (χ3n) is 6.61. The third-order valence-corrected chi connectivity index (χ3v) is 8.55. The zero-order valence-corrected chi connectivity index (χ0v) is 20.8. The zero-order chi connectivity index (χ0) is 25.5. The van der Waals surface area contributed by atoms with Gasteiger partial charge in [-0.15, -0.1) is 0 Å². The average Bonchev–Trinajstić information content (AvgIpc) is 3.29. The van der Waals surface area contributed by atoms with Gasteiger partial charge < -0.3 is 25.0 Å². The fraction of sp³-hybridized carbons (Fsp3) is 0.417. The van der Waals surface area contributed by atoms with Crippen molar-refractivity contribution >= 4 is 44.6 Å². The molecule has 1 unspecified atom stereocenters. The molecular weight excluding hydrogens is 513 g/mol. The molecule has 0 saturated carbocycles. The monoisotopic (exact) mass is 537 g/mol. The summed E-state index contributed by atoms with van der Waals surface area (Å²) in [6.45, 7) is 2.12. The summed E-state index contributed by atoms with van der Waals surface area (Å²) in [6, 6.07) is 7.33. The second-order valence-electron chi connectivity index (χ2n) is 9.14. The van der Waals surface area contributed by atoms with E-state index < -0.39 is 44.9 Å². The highest BCUT2D eigenvalue weighted by molar-refractivity contribution is 7.90. The Balaban J connectivity index is 1.24. The SMILES string of the molecule is O=C1Nc2cc(C(=O)N3CCC4(CC3)OCCO4)ccc2NC1CS(=O)(=O)Cc1ccc(F)cc1Cl. The van der Waals surface area contributed by atoms with Gasteiger partial charge in [0.05, 0.1) is 36.1 Å². The molecule has 1 atom stereocenters. The van der Waals surface area contributed by atoms with Gasteiger partial charge in [-0.25, -0.2) is 12.8 Å². The van der Waals surface area contributed by atoms with E-state index in [1.165, 1.54) is 6.07 Å². The van der Waals surface area contributed by atoms with E-state index in [-0.39, 0.29) is 16.5 Å². The lowest BCUT2D eigenvalue weighted by Crippen LogP contribution is -2.47. The quantitative estimate of drug-likeness (QED) is 0.603. The number of anilines is 2. The number of amides is 2. The smallest absolute Gasteiger partial charge is 0.253 e. The molecule has 0 aromatic heterocycles. The number of nitrogens with zero attached hydrogens (tertiary/aromatic N) is 1. The Kier molecular flexibility index (Phi) is 6.67. The highest BCUT2D eigenvalue weighted by Gasteiger charge is 2.41. The maximum atomic E-state index is 13.3. The van der Waals surface area contributed by atoms with E-state index in [0.29, 0.717) is 56.1 Å². The summed E-state index contributed by atoms with van der Waals surface area (Å²) in [5.41, 5.74) is 1.58. The molecule has 3 aliphatic rings. The number of hydrogen-bond acceptors (Lipinski definition) is 7. The van der Waals surface area contributed by atoms with Crippen molar-refractivity contribution in [2.24, 2.45) is 0 Å². The number of carbonyl (C=O) groups excluding carboxylic acids is 2. The van der Waals surface area contributed by atoms with Crippen molar-refractivity contribution in [3.05, 3.63) is 58.4 Å². The highest BCUT2D eigenvalue weighted by atomic mass is 35.5. The van der Waals surface area contributed by atoms with Crippen molar-refractivity contribution in [1.82, 2.24) is 4.90 Å². The molecule has 0 bridgehead atoms. The molecule has 2 N–H and O–H groups in total. The summed E-state index contributed by atoms with van der Waals surface area (Å²) in [7, 11) is -3.76. The number of carbonyl (C=O) groups is 2. The number of rotatable bonds is 5. The molecule has 2 saturated heterocycles. The van der Waals surface area contributed by atoms with Gasteiger partial charge in [0.15, 0.2) is 15.6 Å². The van der Waals surface area contributed by atoms with Gasteiger partial charge in [-0.3, -0.25) is 9.59 Å². The fourth-order valence-electron chi connectivity index (χ4n) is 4.70. The van der Waals surface area contributed by atoms with Crippen molar-refractivity contribution in [1.29, 1.82) is 0 Å². The van der Waals surface area contributed by atoms with E-state index in [1.807, 2.05) is 0 Å². The van der Waals surface area contributed by atoms with Crippen LogP contribution in [-0.4, -0.2) is 69.0 Å². The van der Waals surface area contributed by atoms with Crippen LogP contribution >= 0.6 is 11.6 Å². The fourth-order valence-corrected chi connectivity index (χ4v) is 6.60. The van der Waals surface area contributed by atoms with Crippen LogP contribution in [0.2, 0.25) is 5.02 Å². The van der Waals surface area contributed by atoms with Crippen LogP contribution in [0.1, 0.15) is 28.8 Å². The lowest BCUT2D eigenvalue weighted by Gasteiger charge is -2.37. The number of piperidine rings is 1. The van der Waals surface area contributed by atoms with Gasteiger partial charge in [0.1, 0.15) is 11.9 Å². The number of likely N-dealkylation sites (tertiary alicyclic amines) is 1. The molecule has 9 nitrogen and oxygen atoms in total. The minimum Gasteiger partial charge on any atom is -0.371 e. The summed E-state index contributed by atoms with van der Waals surface area (Å²) >= 11 is 5.96. The molecule has 0 aliphatic carbocycles. The largest absolute Gasteiger partial charge is 0.371 e. The van der Waals surface area contributed by atoms with Crippen LogP contribution in [0.15, 0.2) is 36.4 Å². The second kappa shape index (κ2) is 9.62. The number of benzene rings is 2. The number of sulfone groups is 1. The standard InChI is InChI=1S/C24H25ClFN3O6S/c25-18-12-17(26)3-1-16(18)13-36(32,33)14-21-22(30)28-20-11-15(2-4-19(20)27-21)23(31)29-7-5-24(6-8-29)34-9-10-35-24/h1-4,11-12,21,27H,5-10,13-14H2,(H,28,30). The molecule has 5 rings (SSSR count). The van der Waals surface area contributed by atoms with Gasteiger partial charge in [-0.2, -0.15) is 0 Å². The van der Waals surface area contributed by atoms with E-state index in [9.17, 15) is 22.4 Å². The van der Waals surface area contributed by atoms with Crippen LogP contribution in [0.25, 0.3) is 0 Å². The third kappa shape index (κ3) is 5.19. The predicted octanol–water partition coefficient (Wildman–Crippen LogP) is 2.81. The lowest BCUT2D eigenvalue weighted by atomic mass is 10.0. The molecule has 3 aliphatic heterocycles. The Labute approximate surface area is 212 Å². The Hall–Kier alpha value is -2.73.